The second-order valence-electron chi connectivity index (χ2n) is 5.03. The minimum atomic E-state index is -3.04. The Kier molecular flexibility index (Phi) is 5.69. The van der Waals surface area contributed by atoms with Crippen LogP contribution in [0.3, 0.4) is 0 Å². The third kappa shape index (κ3) is 5.56. The van der Waals surface area contributed by atoms with Crippen LogP contribution in [0, 0.1) is 5.92 Å². The molecule has 0 amide bonds. The number of hydrogen-bond donors (Lipinski definition) is 2. The summed E-state index contributed by atoms with van der Waals surface area (Å²) in [4.78, 5) is 0. The predicted molar refractivity (Wildman–Crippen MR) is 68.7 cm³/mol. The van der Waals surface area contributed by atoms with Crippen LogP contribution < -0.4 is 5.32 Å². The van der Waals surface area contributed by atoms with Crippen molar-refractivity contribution >= 4 is 0 Å². The van der Waals surface area contributed by atoms with Gasteiger partial charge in [0.15, 0.2) is 0 Å². The molecule has 2 N–H and O–H groups in total. The van der Waals surface area contributed by atoms with E-state index in [0.29, 0.717) is 12.5 Å². The molecule has 0 aliphatic rings. The van der Waals surface area contributed by atoms with E-state index >= 15 is 0 Å². The van der Waals surface area contributed by atoms with E-state index in [4.69, 9.17) is 5.11 Å². The van der Waals surface area contributed by atoms with Crippen molar-refractivity contribution in [2.45, 2.75) is 32.7 Å². The van der Waals surface area contributed by atoms with Crippen molar-refractivity contribution < 1.29 is 13.9 Å². The predicted octanol–water partition coefficient (Wildman–Crippen LogP) is 2.60. The summed E-state index contributed by atoms with van der Waals surface area (Å²) in [5, 5.41) is 11.1. The van der Waals surface area contributed by atoms with Gasteiger partial charge in [0.1, 0.15) is 6.61 Å². The smallest absolute Gasteiger partial charge is 0.282 e. The van der Waals surface area contributed by atoms with E-state index in [0.717, 1.165) is 12.0 Å². The summed E-state index contributed by atoms with van der Waals surface area (Å²) in [5.74, 6) is -2.44. The highest BCUT2D eigenvalue weighted by molar-refractivity contribution is 5.22. The second kappa shape index (κ2) is 6.81. The lowest BCUT2D eigenvalue weighted by atomic mass is 10.0. The first-order chi connectivity index (χ1) is 8.43. The zero-order valence-corrected chi connectivity index (χ0v) is 10.9. The molecule has 0 spiro atoms. The lowest BCUT2D eigenvalue weighted by Gasteiger charge is -2.14. The van der Waals surface area contributed by atoms with Gasteiger partial charge < -0.3 is 10.4 Å². The molecule has 1 aromatic rings. The highest BCUT2D eigenvalue weighted by Gasteiger charge is 2.26. The van der Waals surface area contributed by atoms with Crippen LogP contribution in [0.15, 0.2) is 24.3 Å². The first-order valence-corrected chi connectivity index (χ1v) is 6.20. The molecule has 0 saturated heterocycles. The van der Waals surface area contributed by atoms with Crippen LogP contribution in [0.4, 0.5) is 8.78 Å². The van der Waals surface area contributed by atoms with E-state index in [2.05, 4.69) is 19.2 Å². The van der Waals surface area contributed by atoms with Gasteiger partial charge in [-0.15, -0.1) is 0 Å². The Morgan fingerprint density at radius 3 is 2.22 bits per heavy atom. The fourth-order valence-corrected chi connectivity index (χ4v) is 1.71. The number of hydrogen-bond acceptors (Lipinski definition) is 2. The minimum Gasteiger partial charge on any atom is -0.390 e. The highest BCUT2D eigenvalue weighted by Crippen LogP contribution is 2.12. The molecule has 102 valence electrons. The van der Waals surface area contributed by atoms with Gasteiger partial charge in [-0.1, -0.05) is 38.1 Å². The lowest BCUT2D eigenvalue weighted by Crippen LogP contribution is -2.35. The molecule has 2 nitrogen and oxygen atoms in total. The first kappa shape index (κ1) is 15.1. The van der Waals surface area contributed by atoms with Crippen molar-refractivity contribution in [3.63, 3.8) is 0 Å². The Hall–Kier alpha value is -1.00. The summed E-state index contributed by atoms with van der Waals surface area (Å²) in [5.41, 5.74) is 2.23. The number of rotatable bonds is 7. The quantitative estimate of drug-likeness (QED) is 0.787. The van der Waals surface area contributed by atoms with E-state index in [1.807, 2.05) is 24.3 Å². The molecule has 0 heterocycles. The van der Waals surface area contributed by atoms with Crippen LogP contribution in [-0.4, -0.2) is 24.2 Å². The number of alkyl halides is 2. The van der Waals surface area contributed by atoms with Crippen molar-refractivity contribution in [2.75, 3.05) is 13.2 Å². The highest BCUT2D eigenvalue weighted by atomic mass is 19.3. The average Bonchev–Trinajstić information content (AvgIpc) is 2.30. The zero-order valence-electron chi connectivity index (χ0n) is 10.9. The molecule has 0 aromatic heterocycles. The SMILES string of the molecule is CC(C)Cc1ccc(CNCC(F)(F)CO)cc1. The summed E-state index contributed by atoms with van der Waals surface area (Å²) in [6.07, 6.45) is 1.02. The van der Waals surface area contributed by atoms with Gasteiger partial charge in [0.25, 0.3) is 5.92 Å². The van der Waals surface area contributed by atoms with Gasteiger partial charge in [-0.05, 0) is 23.5 Å². The van der Waals surface area contributed by atoms with Crippen LogP contribution in [-0.2, 0) is 13.0 Å². The lowest BCUT2D eigenvalue weighted by molar-refractivity contribution is -0.0477. The number of nitrogens with one attached hydrogen (secondary N) is 1. The summed E-state index contributed by atoms with van der Waals surface area (Å²) in [6, 6.07) is 7.95. The molecule has 1 aromatic carbocycles. The molecule has 0 aliphatic heterocycles. The largest absolute Gasteiger partial charge is 0.390 e. The standard InChI is InChI=1S/C14H21F2NO/c1-11(2)7-12-3-5-13(6-4-12)8-17-9-14(15,16)10-18/h3-6,11,17-18H,7-10H2,1-2H3. The molecule has 0 atom stereocenters. The Morgan fingerprint density at radius 2 is 1.72 bits per heavy atom. The third-order valence-electron chi connectivity index (χ3n) is 2.61. The van der Waals surface area contributed by atoms with Crippen molar-refractivity contribution in [2.24, 2.45) is 5.92 Å². The minimum absolute atomic E-state index is 0.386. The average molecular weight is 257 g/mol. The molecule has 4 heteroatoms. The fourth-order valence-electron chi connectivity index (χ4n) is 1.71. The van der Waals surface area contributed by atoms with Gasteiger partial charge in [-0.25, -0.2) is 8.78 Å². The summed E-state index contributed by atoms with van der Waals surface area (Å²) in [7, 11) is 0. The number of benzene rings is 1. The van der Waals surface area contributed by atoms with Crippen LogP contribution in [0.1, 0.15) is 25.0 Å². The van der Waals surface area contributed by atoms with Crippen LogP contribution >= 0.6 is 0 Å². The zero-order chi connectivity index (χ0) is 13.6. The van der Waals surface area contributed by atoms with Crippen LogP contribution in [0.2, 0.25) is 0 Å². The Balaban J connectivity index is 2.40. The van der Waals surface area contributed by atoms with Crippen molar-refractivity contribution in [3.8, 4) is 0 Å². The summed E-state index contributed by atoms with van der Waals surface area (Å²) >= 11 is 0. The van der Waals surface area contributed by atoms with Gasteiger partial charge in [0.05, 0.1) is 6.54 Å². The molecule has 18 heavy (non-hydrogen) atoms. The van der Waals surface area contributed by atoms with Gasteiger partial charge >= 0.3 is 0 Å². The fraction of sp³-hybridized carbons (Fsp3) is 0.571. The van der Waals surface area contributed by atoms with E-state index < -0.39 is 19.1 Å². The van der Waals surface area contributed by atoms with Crippen molar-refractivity contribution in [1.82, 2.24) is 5.32 Å². The maximum absolute atomic E-state index is 12.8. The molecule has 0 bridgehead atoms. The maximum atomic E-state index is 12.8. The Morgan fingerprint density at radius 1 is 1.17 bits per heavy atom. The summed E-state index contributed by atoms with van der Waals surface area (Å²) < 4.78 is 25.5. The number of halogens is 2. The van der Waals surface area contributed by atoms with E-state index in [9.17, 15) is 8.78 Å². The Labute approximate surface area is 107 Å². The van der Waals surface area contributed by atoms with E-state index in [1.165, 1.54) is 5.56 Å². The van der Waals surface area contributed by atoms with Gasteiger partial charge in [-0.2, -0.15) is 0 Å². The second-order valence-corrected chi connectivity index (χ2v) is 5.03. The normalized spacial score (nSPS) is 12.1. The third-order valence-corrected chi connectivity index (χ3v) is 2.61. The van der Waals surface area contributed by atoms with Crippen LogP contribution in [0.5, 0.6) is 0 Å². The molecular weight excluding hydrogens is 236 g/mol. The monoisotopic (exact) mass is 257 g/mol. The van der Waals surface area contributed by atoms with Crippen molar-refractivity contribution in [1.29, 1.82) is 0 Å². The first-order valence-electron chi connectivity index (χ1n) is 6.20. The Bertz CT molecular complexity index is 349. The van der Waals surface area contributed by atoms with E-state index in [1.54, 1.807) is 0 Å². The molecule has 0 aliphatic carbocycles. The van der Waals surface area contributed by atoms with Crippen LogP contribution in [0.25, 0.3) is 0 Å². The van der Waals surface area contributed by atoms with Gasteiger partial charge in [0.2, 0.25) is 0 Å². The molecule has 0 radical (unpaired) electrons. The molecule has 0 fully saturated rings. The maximum Gasteiger partial charge on any atom is 0.282 e. The number of aliphatic hydroxyl groups excluding tert-OH is 1. The topological polar surface area (TPSA) is 32.3 Å². The van der Waals surface area contributed by atoms with Gasteiger partial charge in [0, 0.05) is 6.54 Å². The molecular formula is C14H21F2NO. The molecule has 0 unspecified atom stereocenters. The summed E-state index contributed by atoms with van der Waals surface area (Å²) in [6.45, 7) is 3.08. The molecule has 1 rings (SSSR count). The van der Waals surface area contributed by atoms with Crippen molar-refractivity contribution in [3.05, 3.63) is 35.4 Å². The van der Waals surface area contributed by atoms with Gasteiger partial charge in [-0.3, -0.25) is 0 Å². The van der Waals surface area contributed by atoms with E-state index in [-0.39, 0.29) is 0 Å². The molecule has 0 saturated carbocycles. The number of aliphatic hydroxyl groups is 1.